The number of cyclic esters (lactones) is 1. The van der Waals surface area contributed by atoms with Gasteiger partial charge in [-0.05, 0) is 117 Å². The Morgan fingerprint density at radius 2 is 1.75 bits per heavy atom. The number of aliphatic hydroxyl groups excluding tert-OH is 1. The van der Waals surface area contributed by atoms with Crippen LogP contribution in [-0.4, -0.2) is 121 Å². The van der Waals surface area contributed by atoms with Gasteiger partial charge in [0.2, 0.25) is 0 Å². The molecule has 0 aromatic heterocycles. The summed E-state index contributed by atoms with van der Waals surface area (Å²) < 4.78 is 31.4. The lowest BCUT2D eigenvalue weighted by Gasteiger charge is -2.64. The Morgan fingerprint density at radius 3 is 2.45 bits per heavy atom. The van der Waals surface area contributed by atoms with Gasteiger partial charge in [0.15, 0.2) is 6.29 Å². The molecule has 8 rings (SSSR count). The van der Waals surface area contributed by atoms with Gasteiger partial charge < -0.3 is 38.8 Å². The first-order valence-corrected chi connectivity index (χ1v) is 20.6. The van der Waals surface area contributed by atoms with Crippen molar-refractivity contribution in [3.63, 3.8) is 0 Å². The predicted octanol–water partition coefficient (Wildman–Crippen LogP) is 5.47. The van der Waals surface area contributed by atoms with Crippen LogP contribution in [0.5, 0.6) is 0 Å². The van der Waals surface area contributed by atoms with Crippen LogP contribution in [0.3, 0.4) is 0 Å². The second-order valence-corrected chi connectivity index (χ2v) is 19.9. The van der Waals surface area contributed by atoms with Crippen LogP contribution in [0, 0.1) is 50.7 Å². The minimum Gasteiger partial charge on any atom is -0.448 e. The van der Waals surface area contributed by atoms with Gasteiger partial charge in [0.1, 0.15) is 12.7 Å². The second-order valence-electron chi connectivity index (χ2n) is 19.9. The Bertz CT molecular complexity index is 1340. The number of amides is 1. The van der Waals surface area contributed by atoms with Crippen molar-refractivity contribution in [3.05, 3.63) is 0 Å². The number of morpholine rings is 1. The first-order valence-electron chi connectivity index (χ1n) is 20.6. The van der Waals surface area contributed by atoms with Crippen LogP contribution in [0.4, 0.5) is 4.79 Å². The lowest BCUT2D eigenvalue weighted by atomic mass is 9.41. The predicted molar refractivity (Wildman–Crippen MR) is 192 cm³/mol. The molecule has 5 saturated carbocycles. The molecule has 5 aliphatic carbocycles. The number of carbonyl (C=O) groups excluding carboxylic acids is 1. The molecule has 10 nitrogen and oxygen atoms in total. The monoisotopic (exact) mass is 716 g/mol. The smallest absolute Gasteiger partial charge is 0.409 e. The normalized spacial score (nSPS) is 49.6. The summed E-state index contributed by atoms with van der Waals surface area (Å²) in [5.74, 6) is 1.74. The molecule has 0 bridgehead atoms. The maximum Gasteiger partial charge on any atom is 0.409 e. The van der Waals surface area contributed by atoms with Gasteiger partial charge in [-0.25, -0.2) is 4.79 Å². The SMILES string of the molecule is CCO[C@@H](C1C[C@@H](C)[C@H]2C(O1)[C@H](O)[C@@]1(C)C3CC[C@H]4C(C)(C)[C@@H](O[C@H]5CN(CCN6CCOC6=O)CCO5)CC[C@@]45CC35CC[C@]21C)C(C)(C)O. The van der Waals surface area contributed by atoms with E-state index in [9.17, 15) is 15.0 Å². The number of hydrogen-bond acceptors (Lipinski definition) is 9. The molecule has 1 amide bonds. The zero-order valence-electron chi connectivity index (χ0n) is 32.8. The summed E-state index contributed by atoms with van der Waals surface area (Å²) in [5, 5.41) is 23.7. The zero-order chi connectivity index (χ0) is 36.4. The van der Waals surface area contributed by atoms with Gasteiger partial charge in [-0.2, -0.15) is 0 Å². The highest BCUT2D eigenvalue weighted by molar-refractivity contribution is 5.69. The highest BCUT2D eigenvalue weighted by atomic mass is 16.7. The van der Waals surface area contributed by atoms with Crippen molar-refractivity contribution in [1.82, 2.24) is 9.80 Å². The van der Waals surface area contributed by atoms with Crippen LogP contribution in [0.25, 0.3) is 0 Å². The Morgan fingerprint density at radius 1 is 1.00 bits per heavy atom. The van der Waals surface area contributed by atoms with E-state index in [1.165, 1.54) is 25.7 Å². The number of carbonyl (C=O) groups is 1. The molecule has 4 unspecified atom stereocenters. The first kappa shape index (κ1) is 36.9. The third-order valence-corrected chi connectivity index (χ3v) is 17.1. The molecule has 0 aromatic rings. The summed E-state index contributed by atoms with van der Waals surface area (Å²) in [6, 6.07) is 0. The molecule has 14 atom stereocenters. The first-order chi connectivity index (χ1) is 24.0. The van der Waals surface area contributed by atoms with Crippen LogP contribution >= 0.6 is 0 Å². The van der Waals surface area contributed by atoms with Gasteiger partial charge in [0.25, 0.3) is 0 Å². The topological polar surface area (TPSA) is 110 Å². The largest absolute Gasteiger partial charge is 0.448 e. The number of fused-ring (bicyclic) bond motifs is 4. The van der Waals surface area contributed by atoms with E-state index in [0.717, 1.165) is 45.3 Å². The van der Waals surface area contributed by atoms with E-state index in [-0.39, 0.29) is 52.4 Å². The van der Waals surface area contributed by atoms with E-state index in [2.05, 4.69) is 39.5 Å². The fraction of sp³-hybridized carbons (Fsp3) is 0.976. The van der Waals surface area contributed by atoms with Gasteiger partial charge in [-0.1, -0.05) is 34.6 Å². The van der Waals surface area contributed by atoms with Gasteiger partial charge in [0.05, 0.1) is 43.2 Å². The molecule has 3 saturated heterocycles. The molecule has 8 aliphatic rings. The van der Waals surface area contributed by atoms with Crippen molar-refractivity contribution in [1.29, 1.82) is 0 Å². The Labute approximate surface area is 306 Å². The fourth-order valence-corrected chi connectivity index (χ4v) is 14.7. The number of hydrogen-bond donors (Lipinski definition) is 2. The fourth-order valence-electron chi connectivity index (χ4n) is 14.7. The van der Waals surface area contributed by atoms with E-state index in [0.29, 0.717) is 62.0 Å². The molecule has 2 N–H and O–H groups in total. The standard InChI is InChI=1S/C41H68N2O8/c1-9-47-34(37(5,6)46)26-22-25(2)31-32(50-26)33(44)39(8)28-11-10-27-36(3,4)29(12-13-40(27)24-41(28,40)15-14-38(31,39)7)51-30-23-42(18-20-48-30)16-17-43-19-21-49-35(43)45/h25-34,44,46H,9-24H2,1-8H3/t25-,26?,27+,28?,29+,30+,31+,32?,33+,34+,38-,39-,40-,41?/m1/s1. The minimum absolute atomic E-state index is 0.00103. The maximum absolute atomic E-state index is 12.6. The molecule has 2 spiro atoms. The number of nitrogens with zero attached hydrogens (tertiary/aromatic N) is 2. The van der Waals surface area contributed by atoms with E-state index in [1.54, 1.807) is 4.90 Å². The number of aliphatic hydroxyl groups is 2. The molecular formula is C41H68N2O8. The molecule has 290 valence electrons. The van der Waals surface area contributed by atoms with Crippen molar-refractivity contribution in [3.8, 4) is 0 Å². The van der Waals surface area contributed by atoms with Crippen LogP contribution < -0.4 is 0 Å². The lowest BCUT2D eigenvalue weighted by molar-refractivity contribution is -0.248. The van der Waals surface area contributed by atoms with Gasteiger partial charge >= 0.3 is 6.09 Å². The summed E-state index contributed by atoms with van der Waals surface area (Å²) in [7, 11) is 0. The highest BCUT2D eigenvalue weighted by Crippen LogP contribution is 2.89. The maximum atomic E-state index is 12.6. The summed E-state index contributed by atoms with van der Waals surface area (Å²) >= 11 is 0. The van der Waals surface area contributed by atoms with Crippen LogP contribution in [0.15, 0.2) is 0 Å². The summed E-state index contributed by atoms with van der Waals surface area (Å²) in [6.07, 6.45) is 7.39. The second kappa shape index (κ2) is 12.5. The number of rotatable bonds is 9. The van der Waals surface area contributed by atoms with Crippen molar-refractivity contribution in [2.45, 2.75) is 149 Å². The molecule has 3 aliphatic heterocycles. The Hall–Kier alpha value is -1.01. The van der Waals surface area contributed by atoms with E-state index < -0.39 is 17.8 Å². The van der Waals surface area contributed by atoms with E-state index >= 15 is 0 Å². The van der Waals surface area contributed by atoms with Crippen LogP contribution in [0.1, 0.15) is 107 Å². The average molecular weight is 717 g/mol. The molecular weight excluding hydrogens is 648 g/mol. The molecule has 10 heteroatoms. The molecule has 51 heavy (non-hydrogen) atoms. The molecule has 8 fully saturated rings. The highest BCUT2D eigenvalue weighted by Gasteiger charge is 2.84. The lowest BCUT2D eigenvalue weighted by Crippen LogP contribution is -2.60. The van der Waals surface area contributed by atoms with Gasteiger partial charge in [0, 0.05) is 38.2 Å². The Kier molecular flexibility index (Phi) is 9.06. The Balaban J connectivity index is 0.976. The molecule has 3 heterocycles. The molecule has 0 radical (unpaired) electrons. The van der Waals surface area contributed by atoms with Crippen molar-refractivity contribution < 1.29 is 38.7 Å². The van der Waals surface area contributed by atoms with Crippen LogP contribution in [0.2, 0.25) is 0 Å². The van der Waals surface area contributed by atoms with E-state index in [1.807, 2.05) is 20.8 Å². The van der Waals surface area contributed by atoms with Crippen molar-refractivity contribution >= 4 is 6.09 Å². The summed E-state index contributed by atoms with van der Waals surface area (Å²) in [4.78, 5) is 16.1. The third-order valence-electron chi connectivity index (χ3n) is 17.1. The third kappa shape index (κ3) is 5.29. The van der Waals surface area contributed by atoms with E-state index in [4.69, 9.17) is 23.7 Å². The van der Waals surface area contributed by atoms with Gasteiger partial charge in [-0.15, -0.1) is 0 Å². The van der Waals surface area contributed by atoms with Crippen molar-refractivity contribution in [2.75, 3.05) is 52.5 Å². The number of ether oxygens (including phenoxy) is 5. The summed E-state index contributed by atoms with van der Waals surface area (Å²) in [6.45, 7) is 23.3. The minimum atomic E-state index is -1.02. The van der Waals surface area contributed by atoms with Crippen molar-refractivity contribution in [2.24, 2.45) is 50.7 Å². The van der Waals surface area contributed by atoms with Gasteiger partial charge in [-0.3, -0.25) is 4.90 Å². The molecule has 0 aromatic carbocycles. The average Bonchev–Trinajstić information content (AvgIpc) is 3.49. The zero-order valence-corrected chi connectivity index (χ0v) is 32.8. The van der Waals surface area contributed by atoms with Crippen LogP contribution in [-0.2, 0) is 23.7 Å². The quantitative estimate of drug-likeness (QED) is 0.321. The summed E-state index contributed by atoms with van der Waals surface area (Å²) in [5.41, 5.74) is -0.632.